The van der Waals surface area contributed by atoms with E-state index < -0.39 is 5.63 Å². The van der Waals surface area contributed by atoms with Crippen LogP contribution in [0.1, 0.15) is 37.8 Å². The Balaban J connectivity index is 2.64. The summed E-state index contributed by atoms with van der Waals surface area (Å²) < 4.78 is 5.34. The Morgan fingerprint density at radius 2 is 2.14 bits per heavy atom. The van der Waals surface area contributed by atoms with Gasteiger partial charge in [0.15, 0.2) is 0 Å². The van der Waals surface area contributed by atoms with Crippen LogP contribution in [0.4, 0.5) is 0 Å². The first-order valence-electron chi connectivity index (χ1n) is 7.04. The number of rotatable bonds is 5. The van der Waals surface area contributed by atoms with Crippen LogP contribution in [-0.4, -0.2) is 17.4 Å². The molecule has 2 aromatic rings. The number of hydrogen-bond acceptors (Lipinski definition) is 5. The van der Waals surface area contributed by atoms with Crippen LogP contribution >= 0.6 is 0 Å². The van der Waals surface area contributed by atoms with Gasteiger partial charge in [0.2, 0.25) is 0 Å². The second-order valence-electron chi connectivity index (χ2n) is 4.79. The highest BCUT2D eigenvalue weighted by Crippen LogP contribution is 2.29. The fourth-order valence-electron chi connectivity index (χ4n) is 2.11. The quantitative estimate of drug-likeness (QED) is 0.396. The molecule has 5 nitrogen and oxygen atoms in total. The van der Waals surface area contributed by atoms with E-state index in [-0.39, 0.29) is 11.3 Å². The monoisotopic (exact) mass is 289 g/mol. The van der Waals surface area contributed by atoms with Crippen LogP contribution in [0.5, 0.6) is 5.75 Å². The molecule has 2 rings (SSSR count). The largest absolute Gasteiger partial charge is 0.506 e. The molecule has 0 aliphatic carbocycles. The maximum absolute atomic E-state index is 12.2. The zero-order valence-corrected chi connectivity index (χ0v) is 12.5. The van der Waals surface area contributed by atoms with Crippen molar-refractivity contribution in [1.82, 2.24) is 0 Å². The minimum atomic E-state index is -0.602. The molecule has 0 saturated carbocycles. The number of para-hydroxylation sites is 1. The van der Waals surface area contributed by atoms with Crippen molar-refractivity contribution < 1.29 is 14.4 Å². The summed E-state index contributed by atoms with van der Waals surface area (Å²) in [5.74, 6) is -0.106. The maximum atomic E-state index is 12.2. The SMILES string of the molecule is CCCON=C(CC)c1c(O)c2cccc(C)c2oc1=O. The van der Waals surface area contributed by atoms with Gasteiger partial charge < -0.3 is 14.4 Å². The lowest BCUT2D eigenvalue weighted by molar-refractivity contribution is 0.144. The second kappa shape index (κ2) is 6.43. The minimum absolute atomic E-state index is 0.0757. The molecular weight excluding hydrogens is 270 g/mol. The molecule has 0 radical (unpaired) electrons. The number of fused-ring (bicyclic) bond motifs is 1. The topological polar surface area (TPSA) is 72.0 Å². The summed E-state index contributed by atoms with van der Waals surface area (Å²) in [7, 11) is 0. The molecule has 1 heterocycles. The van der Waals surface area contributed by atoms with Crippen LogP contribution < -0.4 is 5.63 Å². The average molecular weight is 289 g/mol. The van der Waals surface area contributed by atoms with Crippen molar-refractivity contribution >= 4 is 16.7 Å². The molecule has 0 atom stereocenters. The number of aryl methyl sites for hydroxylation is 1. The normalized spacial score (nSPS) is 11.9. The van der Waals surface area contributed by atoms with E-state index in [1.54, 1.807) is 12.1 Å². The molecule has 0 bridgehead atoms. The van der Waals surface area contributed by atoms with Crippen LogP contribution in [0.25, 0.3) is 11.0 Å². The molecule has 0 aliphatic heterocycles. The van der Waals surface area contributed by atoms with Crippen LogP contribution in [0.3, 0.4) is 0 Å². The van der Waals surface area contributed by atoms with Crippen LogP contribution in [0.2, 0.25) is 0 Å². The molecule has 0 aliphatic rings. The average Bonchev–Trinajstić information content (AvgIpc) is 2.47. The summed E-state index contributed by atoms with van der Waals surface area (Å²) in [4.78, 5) is 17.3. The van der Waals surface area contributed by atoms with Crippen molar-refractivity contribution in [2.75, 3.05) is 6.61 Å². The van der Waals surface area contributed by atoms with E-state index in [1.807, 2.05) is 26.8 Å². The molecule has 5 heteroatoms. The molecular formula is C16H19NO4. The van der Waals surface area contributed by atoms with Gasteiger partial charge in [-0.1, -0.05) is 31.1 Å². The Kier molecular flexibility index (Phi) is 4.62. The van der Waals surface area contributed by atoms with E-state index in [0.717, 1.165) is 12.0 Å². The van der Waals surface area contributed by atoms with Crippen molar-refractivity contribution in [1.29, 1.82) is 0 Å². The van der Waals surface area contributed by atoms with Crippen molar-refractivity contribution in [2.45, 2.75) is 33.6 Å². The van der Waals surface area contributed by atoms with E-state index in [9.17, 15) is 9.90 Å². The predicted octanol–water partition coefficient (Wildman–Crippen LogP) is 3.35. The van der Waals surface area contributed by atoms with Crippen molar-refractivity contribution in [3.8, 4) is 5.75 Å². The van der Waals surface area contributed by atoms with Gasteiger partial charge >= 0.3 is 5.63 Å². The van der Waals surface area contributed by atoms with Gasteiger partial charge in [-0.3, -0.25) is 0 Å². The molecule has 0 fully saturated rings. The van der Waals surface area contributed by atoms with Gasteiger partial charge in [-0.15, -0.1) is 0 Å². The van der Waals surface area contributed by atoms with E-state index in [0.29, 0.717) is 29.7 Å². The van der Waals surface area contributed by atoms with Crippen molar-refractivity contribution in [3.05, 3.63) is 39.7 Å². The van der Waals surface area contributed by atoms with Gasteiger partial charge in [-0.05, 0) is 31.4 Å². The zero-order chi connectivity index (χ0) is 15.4. The Bertz CT molecular complexity index is 731. The van der Waals surface area contributed by atoms with Crippen LogP contribution in [0, 0.1) is 6.92 Å². The Morgan fingerprint density at radius 1 is 1.38 bits per heavy atom. The van der Waals surface area contributed by atoms with E-state index >= 15 is 0 Å². The first-order chi connectivity index (χ1) is 10.1. The van der Waals surface area contributed by atoms with Gasteiger partial charge in [0.25, 0.3) is 0 Å². The number of nitrogens with zero attached hydrogens (tertiary/aromatic N) is 1. The lowest BCUT2D eigenvalue weighted by atomic mass is 10.0. The van der Waals surface area contributed by atoms with E-state index in [4.69, 9.17) is 9.25 Å². The first kappa shape index (κ1) is 15.1. The smallest absolute Gasteiger partial charge is 0.349 e. The van der Waals surface area contributed by atoms with E-state index in [1.165, 1.54) is 0 Å². The van der Waals surface area contributed by atoms with Gasteiger partial charge in [0.1, 0.15) is 23.5 Å². The second-order valence-corrected chi connectivity index (χ2v) is 4.79. The first-order valence-corrected chi connectivity index (χ1v) is 7.04. The zero-order valence-electron chi connectivity index (χ0n) is 12.5. The number of benzene rings is 1. The Hall–Kier alpha value is -2.30. The standard InChI is InChI=1S/C16H19NO4/c1-4-9-20-17-12(5-2)13-14(18)11-8-6-7-10(3)15(11)21-16(13)19/h6-8,18H,4-5,9H2,1-3H3. The number of hydrogen-bond donors (Lipinski definition) is 1. The predicted molar refractivity (Wildman–Crippen MR) is 82.0 cm³/mol. The highest BCUT2D eigenvalue weighted by Gasteiger charge is 2.19. The van der Waals surface area contributed by atoms with Gasteiger partial charge in [-0.2, -0.15) is 0 Å². The van der Waals surface area contributed by atoms with Crippen molar-refractivity contribution in [2.24, 2.45) is 5.16 Å². The summed E-state index contributed by atoms with van der Waals surface area (Å²) in [6, 6.07) is 5.34. The molecule has 0 amide bonds. The van der Waals surface area contributed by atoms with Gasteiger partial charge in [-0.25, -0.2) is 4.79 Å². The number of aromatic hydroxyl groups is 1. The summed E-state index contributed by atoms with van der Waals surface area (Å²) in [5, 5.41) is 14.9. The summed E-state index contributed by atoms with van der Waals surface area (Å²) in [6.07, 6.45) is 1.28. The van der Waals surface area contributed by atoms with Gasteiger partial charge in [0.05, 0.1) is 11.1 Å². The molecule has 1 aromatic carbocycles. The summed E-state index contributed by atoms with van der Waals surface area (Å²) >= 11 is 0. The third-order valence-corrected chi connectivity index (χ3v) is 3.20. The molecule has 1 N–H and O–H groups in total. The minimum Gasteiger partial charge on any atom is -0.506 e. The summed E-state index contributed by atoms with van der Waals surface area (Å²) in [6.45, 7) is 6.09. The molecule has 0 unspecified atom stereocenters. The highest BCUT2D eigenvalue weighted by atomic mass is 16.6. The Labute approximate surface area is 122 Å². The fourth-order valence-corrected chi connectivity index (χ4v) is 2.11. The Morgan fingerprint density at radius 3 is 2.81 bits per heavy atom. The molecule has 0 spiro atoms. The fraction of sp³-hybridized carbons (Fsp3) is 0.375. The molecule has 112 valence electrons. The third kappa shape index (κ3) is 2.91. The summed E-state index contributed by atoms with van der Waals surface area (Å²) in [5.41, 5.74) is 1.05. The lowest BCUT2D eigenvalue weighted by Crippen LogP contribution is -2.15. The van der Waals surface area contributed by atoms with Crippen molar-refractivity contribution in [3.63, 3.8) is 0 Å². The van der Waals surface area contributed by atoms with Crippen LogP contribution in [0.15, 0.2) is 32.6 Å². The van der Waals surface area contributed by atoms with E-state index in [2.05, 4.69) is 5.16 Å². The van der Waals surface area contributed by atoms with Crippen LogP contribution in [-0.2, 0) is 4.84 Å². The number of oxime groups is 1. The molecule has 21 heavy (non-hydrogen) atoms. The molecule has 0 saturated heterocycles. The molecule has 1 aromatic heterocycles. The maximum Gasteiger partial charge on any atom is 0.349 e. The van der Waals surface area contributed by atoms with Gasteiger partial charge in [0, 0.05) is 0 Å². The third-order valence-electron chi connectivity index (χ3n) is 3.20. The lowest BCUT2D eigenvalue weighted by Gasteiger charge is -2.08. The highest BCUT2D eigenvalue weighted by molar-refractivity contribution is 6.05.